The van der Waals surface area contributed by atoms with Gasteiger partial charge in [-0.15, -0.1) is 5.17 Å². The molecule has 0 atom stereocenters. The number of para-hydroxylation sites is 1. The number of carbonyl (C=O) groups excluding carboxylic acids is 1. The lowest BCUT2D eigenvalue weighted by Crippen LogP contribution is -2.40. The summed E-state index contributed by atoms with van der Waals surface area (Å²) in [6, 6.07) is 8.56. The number of carbonyl (C=O) groups is 1. The number of hydrogen-bond acceptors (Lipinski definition) is 3. The number of nitrogens with two attached hydrogens (primary N) is 1. The van der Waals surface area contributed by atoms with E-state index in [1.807, 2.05) is 25.1 Å². The molecular formula is C10H15N3O2. The van der Waals surface area contributed by atoms with Crippen LogP contribution < -0.4 is 11.2 Å². The highest BCUT2D eigenvalue weighted by atomic mass is 16.7. The Morgan fingerprint density at radius 1 is 1.47 bits per heavy atom. The van der Waals surface area contributed by atoms with E-state index in [1.54, 1.807) is 12.1 Å². The molecule has 5 heteroatoms. The van der Waals surface area contributed by atoms with Gasteiger partial charge in [0.25, 0.3) is 0 Å². The summed E-state index contributed by atoms with van der Waals surface area (Å²) in [5.74, 6) is 5.35. The van der Waals surface area contributed by atoms with Crippen LogP contribution in [-0.2, 0) is 4.84 Å². The zero-order valence-corrected chi connectivity index (χ0v) is 8.64. The number of nitrogens with one attached hydrogen (secondary N) is 1. The zero-order valence-electron chi connectivity index (χ0n) is 8.64. The molecule has 2 amide bonds. The Balaban J connectivity index is 2.42. The molecule has 0 aliphatic rings. The standard InChI is InChI=1S/C10H15N3O2/c1-2-8-15-13(11)10(14)12-9-6-4-3-5-7-9/h3-7H,2,8,11H2,1H3,(H,12,14). The maximum Gasteiger partial charge on any atom is 0.360 e. The van der Waals surface area contributed by atoms with Crippen molar-refractivity contribution in [1.82, 2.24) is 5.17 Å². The van der Waals surface area contributed by atoms with Crippen molar-refractivity contribution < 1.29 is 9.63 Å². The summed E-state index contributed by atoms with van der Waals surface area (Å²) < 4.78 is 0. The fraction of sp³-hybridized carbons (Fsp3) is 0.300. The highest BCUT2D eigenvalue weighted by Gasteiger charge is 2.08. The largest absolute Gasteiger partial charge is 0.360 e. The zero-order chi connectivity index (χ0) is 11.1. The summed E-state index contributed by atoms with van der Waals surface area (Å²) in [7, 11) is 0. The van der Waals surface area contributed by atoms with Gasteiger partial charge < -0.3 is 5.32 Å². The van der Waals surface area contributed by atoms with Crippen LogP contribution in [0.2, 0.25) is 0 Å². The van der Waals surface area contributed by atoms with E-state index in [-0.39, 0.29) is 0 Å². The van der Waals surface area contributed by atoms with Crippen LogP contribution in [0.25, 0.3) is 0 Å². The number of hydrogen-bond donors (Lipinski definition) is 2. The van der Waals surface area contributed by atoms with Crippen LogP contribution >= 0.6 is 0 Å². The molecule has 0 bridgehead atoms. The lowest BCUT2D eigenvalue weighted by atomic mass is 10.3. The molecule has 1 aromatic carbocycles. The van der Waals surface area contributed by atoms with Gasteiger partial charge in [0.1, 0.15) is 0 Å². The Kier molecular flexibility index (Phi) is 4.59. The first kappa shape index (κ1) is 11.5. The number of anilines is 1. The number of rotatable bonds is 4. The second-order valence-corrected chi connectivity index (χ2v) is 2.96. The van der Waals surface area contributed by atoms with Crippen molar-refractivity contribution in [3.63, 3.8) is 0 Å². The molecule has 0 fully saturated rings. The quantitative estimate of drug-likeness (QED) is 0.451. The first-order valence-electron chi connectivity index (χ1n) is 4.77. The van der Waals surface area contributed by atoms with Gasteiger partial charge in [-0.2, -0.15) is 0 Å². The molecule has 1 aromatic rings. The van der Waals surface area contributed by atoms with Crippen molar-refractivity contribution >= 4 is 11.7 Å². The third kappa shape index (κ3) is 3.97. The second-order valence-electron chi connectivity index (χ2n) is 2.96. The Morgan fingerprint density at radius 2 is 2.13 bits per heavy atom. The molecule has 1 rings (SSSR count). The van der Waals surface area contributed by atoms with E-state index in [0.717, 1.165) is 6.42 Å². The van der Waals surface area contributed by atoms with E-state index >= 15 is 0 Å². The number of hydrazine groups is 1. The van der Waals surface area contributed by atoms with Crippen molar-refractivity contribution in [3.05, 3.63) is 30.3 Å². The van der Waals surface area contributed by atoms with Crippen molar-refractivity contribution in [3.8, 4) is 0 Å². The van der Waals surface area contributed by atoms with Crippen LogP contribution in [0, 0.1) is 0 Å². The minimum Gasteiger partial charge on any atom is -0.305 e. The normalized spacial score (nSPS) is 9.73. The summed E-state index contributed by atoms with van der Waals surface area (Å²) in [6.07, 6.45) is 0.798. The fourth-order valence-corrected chi connectivity index (χ4v) is 0.948. The Labute approximate surface area is 88.7 Å². The molecule has 0 aliphatic carbocycles. The monoisotopic (exact) mass is 209 g/mol. The predicted molar refractivity (Wildman–Crippen MR) is 57.7 cm³/mol. The molecule has 15 heavy (non-hydrogen) atoms. The third-order valence-electron chi connectivity index (χ3n) is 1.66. The van der Waals surface area contributed by atoms with Gasteiger partial charge in [0.05, 0.1) is 6.61 Å². The molecule has 0 unspecified atom stereocenters. The van der Waals surface area contributed by atoms with E-state index in [9.17, 15) is 4.79 Å². The maximum absolute atomic E-state index is 11.4. The summed E-state index contributed by atoms with van der Waals surface area (Å²) in [5, 5.41) is 3.29. The molecule has 0 spiro atoms. The van der Waals surface area contributed by atoms with Crippen LogP contribution in [0.1, 0.15) is 13.3 Å². The van der Waals surface area contributed by atoms with E-state index in [0.29, 0.717) is 17.5 Å². The van der Waals surface area contributed by atoms with Crippen molar-refractivity contribution in [1.29, 1.82) is 0 Å². The van der Waals surface area contributed by atoms with Crippen LogP contribution in [0.5, 0.6) is 0 Å². The first-order chi connectivity index (χ1) is 7.24. The van der Waals surface area contributed by atoms with Crippen LogP contribution in [0.15, 0.2) is 30.3 Å². The molecule has 0 radical (unpaired) electrons. The first-order valence-corrected chi connectivity index (χ1v) is 4.77. The van der Waals surface area contributed by atoms with Crippen molar-refractivity contribution in [2.24, 2.45) is 5.84 Å². The third-order valence-corrected chi connectivity index (χ3v) is 1.66. The van der Waals surface area contributed by atoms with Gasteiger partial charge in [-0.1, -0.05) is 25.1 Å². The van der Waals surface area contributed by atoms with Gasteiger partial charge in [-0.3, -0.25) is 4.84 Å². The predicted octanol–water partition coefficient (Wildman–Crippen LogP) is 1.74. The molecular weight excluding hydrogens is 194 g/mol. The minimum absolute atomic E-state index is 0.415. The molecule has 3 N–H and O–H groups in total. The molecule has 0 aliphatic heterocycles. The topological polar surface area (TPSA) is 67.6 Å². The Morgan fingerprint density at radius 3 is 2.73 bits per heavy atom. The second kappa shape index (κ2) is 6.00. The molecule has 5 nitrogen and oxygen atoms in total. The van der Waals surface area contributed by atoms with Crippen molar-refractivity contribution in [2.45, 2.75) is 13.3 Å². The SMILES string of the molecule is CCCON(N)C(=O)Nc1ccccc1. The molecule has 0 aromatic heterocycles. The van der Waals surface area contributed by atoms with E-state index in [1.165, 1.54) is 0 Å². The van der Waals surface area contributed by atoms with Gasteiger partial charge in [-0.25, -0.2) is 10.6 Å². The number of nitrogens with zero attached hydrogens (tertiary/aromatic N) is 1. The van der Waals surface area contributed by atoms with E-state index in [4.69, 9.17) is 10.7 Å². The average Bonchev–Trinajstić information content (AvgIpc) is 2.27. The summed E-state index contributed by atoms with van der Waals surface area (Å²) in [5.41, 5.74) is 0.679. The number of amides is 2. The maximum atomic E-state index is 11.4. The average molecular weight is 209 g/mol. The van der Waals surface area contributed by atoms with Crippen LogP contribution in [-0.4, -0.2) is 17.8 Å². The summed E-state index contributed by atoms with van der Waals surface area (Å²) >= 11 is 0. The van der Waals surface area contributed by atoms with E-state index in [2.05, 4.69) is 5.32 Å². The lowest BCUT2D eigenvalue weighted by molar-refractivity contribution is -0.115. The fourth-order valence-electron chi connectivity index (χ4n) is 0.948. The summed E-state index contributed by atoms with van der Waals surface area (Å²) in [6.45, 7) is 2.35. The number of hydroxylamine groups is 1. The van der Waals surface area contributed by atoms with Crippen molar-refractivity contribution in [2.75, 3.05) is 11.9 Å². The molecule has 82 valence electrons. The Hall–Kier alpha value is -1.59. The highest BCUT2D eigenvalue weighted by Crippen LogP contribution is 2.05. The molecule has 0 heterocycles. The van der Waals surface area contributed by atoms with Gasteiger partial charge in [-0.05, 0) is 18.6 Å². The van der Waals surface area contributed by atoms with Crippen LogP contribution in [0.3, 0.4) is 0 Å². The summed E-state index contributed by atoms with van der Waals surface area (Å²) in [4.78, 5) is 16.3. The minimum atomic E-state index is -0.491. The van der Waals surface area contributed by atoms with Gasteiger partial charge in [0, 0.05) is 5.69 Å². The highest BCUT2D eigenvalue weighted by molar-refractivity contribution is 5.88. The number of benzene rings is 1. The van der Waals surface area contributed by atoms with E-state index < -0.39 is 6.03 Å². The van der Waals surface area contributed by atoms with Gasteiger partial charge in [0.2, 0.25) is 0 Å². The molecule has 0 saturated heterocycles. The van der Waals surface area contributed by atoms with Crippen LogP contribution in [0.4, 0.5) is 10.5 Å². The van der Waals surface area contributed by atoms with Gasteiger partial charge >= 0.3 is 6.03 Å². The molecule has 0 saturated carbocycles. The smallest absolute Gasteiger partial charge is 0.305 e. The Bertz CT molecular complexity index is 303. The number of urea groups is 1. The van der Waals surface area contributed by atoms with Gasteiger partial charge in [0.15, 0.2) is 0 Å². The lowest BCUT2D eigenvalue weighted by Gasteiger charge is -2.15.